The molecule has 4 N–H and O–H groups in total. The molecule has 0 spiro atoms. The van der Waals surface area contributed by atoms with Crippen LogP contribution in [-0.2, 0) is 32.7 Å². The van der Waals surface area contributed by atoms with E-state index < -0.39 is 10.2 Å². The number of H-pyrrole nitrogens is 1. The number of aromatic amines is 1. The lowest BCUT2D eigenvalue weighted by atomic mass is 10.1. The molecule has 2 heterocycles. The molecule has 0 unspecified atom stereocenters. The molecule has 0 saturated heterocycles. The molecule has 0 radical (unpaired) electrons. The number of carbonyl (C=O) groups excluding carboxylic acids is 1. The van der Waals surface area contributed by atoms with Crippen LogP contribution in [0.4, 0.5) is 5.69 Å². The maximum absolute atomic E-state index is 12.6. The summed E-state index contributed by atoms with van der Waals surface area (Å²) in [7, 11) is -2.12. The standard InChI is InChI=1S/C17H22Cl2N4O4S/c1-27-7-3-6-23-9-10-8-11(18)14-15(19)12(4-2-5-13(20)24)21-17(14)16(10)22-28(23,25)26/h8,21-22H,2-7,9H2,1H3,(H2,20,24). The van der Waals surface area contributed by atoms with E-state index in [-0.39, 0.29) is 18.9 Å². The Kier molecular flexibility index (Phi) is 6.41. The van der Waals surface area contributed by atoms with E-state index in [1.54, 1.807) is 13.2 Å². The number of fused-ring (bicyclic) bond motifs is 3. The van der Waals surface area contributed by atoms with Crippen LogP contribution in [0.3, 0.4) is 0 Å². The summed E-state index contributed by atoms with van der Waals surface area (Å²) in [5, 5.41) is 1.43. The number of nitrogens with one attached hydrogen (secondary N) is 2. The molecule has 154 valence electrons. The molecule has 1 aromatic carbocycles. The van der Waals surface area contributed by atoms with E-state index in [0.717, 1.165) is 5.56 Å². The molecule has 0 bridgehead atoms. The second-order valence-electron chi connectivity index (χ2n) is 6.67. The fraction of sp³-hybridized carbons (Fsp3) is 0.471. The number of ether oxygens (including phenoxy) is 1. The number of benzene rings is 1. The molecule has 1 aliphatic rings. The van der Waals surface area contributed by atoms with Crippen LogP contribution in [0.5, 0.6) is 0 Å². The number of hydrogen-bond acceptors (Lipinski definition) is 4. The molecule has 0 saturated carbocycles. The molecule has 3 rings (SSSR count). The molecule has 28 heavy (non-hydrogen) atoms. The monoisotopic (exact) mass is 448 g/mol. The summed E-state index contributed by atoms with van der Waals surface area (Å²) in [5.74, 6) is -0.385. The minimum absolute atomic E-state index is 0.206. The van der Waals surface area contributed by atoms with Gasteiger partial charge in [0.2, 0.25) is 5.91 Å². The van der Waals surface area contributed by atoms with E-state index in [0.29, 0.717) is 64.7 Å². The number of primary amides is 1. The quantitative estimate of drug-likeness (QED) is 0.537. The van der Waals surface area contributed by atoms with E-state index in [1.807, 2.05) is 0 Å². The first kappa shape index (κ1) is 21.2. The maximum Gasteiger partial charge on any atom is 0.302 e. The number of nitrogens with zero attached hydrogens (tertiary/aromatic N) is 1. The van der Waals surface area contributed by atoms with Crippen LogP contribution in [0.15, 0.2) is 6.07 Å². The van der Waals surface area contributed by atoms with Crippen molar-refractivity contribution in [1.82, 2.24) is 9.29 Å². The minimum atomic E-state index is -3.69. The predicted octanol–water partition coefficient (Wildman–Crippen LogP) is 2.79. The smallest absolute Gasteiger partial charge is 0.302 e. The van der Waals surface area contributed by atoms with E-state index in [1.165, 1.54) is 4.31 Å². The Labute approximate surface area is 173 Å². The van der Waals surface area contributed by atoms with Crippen molar-refractivity contribution in [3.63, 3.8) is 0 Å². The Morgan fingerprint density at radius 2 is 2.11 bits per heavy atom. The number of methoxy groups -OCH3 is 1. The number of carbonyl (C=O) groups is 1. The van der Waals surface area contributed by atoms with Crippen LogP contribution in [0.25, 0.3) is 10.9 Å². The van der Waals surface area contributed by atoms with Gasteiger partial charge in [-0.25, -0.2) is 0 Å². The first-order valence-corrected chi connectivity index (χ1v) is 11.0. The number of aromatic nitrogens is 1. The molecule has 1 aliphatic heterocycles. The van der Waals surface area contributed by atoms with Crippen LogP contribution in [0, 0.1) is 0 Å². The Morgan fingerprint density at radius 3 is 2.79 bits per heavy atom. The number of amides is 1. The molecule has 0 aliphatic carbocycles. The summed E-state index contributed by atoms with van der Waals surface area (Å²) < 4.78 is 34.3. The van der Waals surface area contributed by atoms with E-state index >= 15 is 0 Å². The van der Waals surface area contributed by atoms with Gasteiger partial charge in [0.15, 0.2) is 0 Å². The Bertz CT molecular complexity index is 1010. The van der Waals surface area contributed by atoms with Gasteiger partial charge in [0.1, 0.15) is 0 Å². The lowest BCUT2D eigenvalue weighted by Crippen LogP contribution is -2.40. The molecule has 2 aromatic rings. The zero-order valence-corrected chi connectivity index (χ0v) is 17.7. The zero-order valence-electron chi connectivity index (χ0n) is 15.3. The fourth-order valence-corrected chi connectivity index (χ4v) is 5.31. The first-order chi connectivity index (χ1) is 13.2. The lowest BCUT2D eigenvalue weighted by molar-refractivity contribution is -0.118. The molecule has 1 aromatic heterocycles. The average Bonchev–Trinajstić information content (AvgIpc) is 2.94. The first-order valence-electron chi connectivity index (χ1n) is 8.81. The third-order valence-electron chi connectivity index (χ3n) is 4.64. The summed E-state index contributed by atoms with van der Waals surface area (Å²) in [6.45, 7) is 1.01. The van der Waals surface area contributed by atoms with Gasteiger partial charge >= 0.3 is 10.2 Å². The zero-order chi connectivity index (χ0) is 20.5. The third-order valence-corrected chi connectivity index (χ3v) is 6.81. The maximum atomic E-state index is 12.6. The number of rotatable bonds is 8. The highest BCUT2D eigenvalue weighted by Crippen LogP contribution is 2.42. The Hall–Kier alpha value is -1.52. The van der Waals surface area contributed by atoms with Gasteiger partial charge in [0, 0.05) is 44.3 Å². The highest BCUT2D eigenvalue weighted by Gasteiger charge is 2.31. The van der Waals surface area contributed by atoms with Crippen LogP contribution >= 0.6 is 23.2 Å². The molecule has 8 nitrogen and oxygen atoms in total. The number of hydrogen-bond donors (Lipinski definition) is 3. The summed E-state index contributed by atoms with van der Waals surface area (Å²) in [6, 6.07) is 1.73. The molecule has 0 fully saturated rings. The second kappa shape index (κ2) is 8.46. The fourth-order valence-electron chi connectivity index (χ4n) is 3.30. The van der Waals surface area contributed by atoms with Crippen molar-refractivity contribution in [2.75, 3.05) is 25.0 Å². The van der Waals surface area contributed by atoms with Gasteiger partial charge in [-0.05, 0) is 30.9 Å². The van der Waals surface area contributed by atoms with Gasteiger partial charge in [-0.1, -0.05) is 23.2 Å². The highest BCUT2D eigenvalue weighted by molar-refractivity contribution is 7.90. The Balaban J connectivity index is 1.97. The predicted molar refractivity (Wildman–Crippen MR) is 110 cm³/mol. The largest absolute Gasteiger partial charge is 0.385 e. The van der Waals surface area contributed by atoms with Crippen molar-refractivity contribution < 1.29 is 17.9 Å². The second-order valence-corrected chi connectivity index (χ2v) is 9.12. The summed E-state index contributed by atoms with van der Waals surface area (Å²) >= 11 is 12.9. The number of halogens is 2. The molecular weight excluding hydrogens is 427 g/mol. The van der Waals surface area contributed by atoms with Gasteiger partial charge < -0.3 is 15.5 Å². The minimum Gasteiger partial charge on any atom is -0.385 e. The number of nitrogens with two attached hydrogens (primary N) is 1. The Morgan fingerprint density at radius 1 is 1.36 bits per heavy atom. The molecule has 11 heteroatoms. The van der Waals surface area contributed by atoms with Crippen molar-refractivity contribution in [3.05, 3.63) is 27.4 Å². The molecular formula is C17H22Cl2N4O4S. The summed E-state index contributed by atoms with van der Waals surface area (Å²) in [5.41, 5.74) is 7.62. The summed E-state index contributed by atoms with van der Waals surface area (Å²) in [4.78, 5) is 14.1. The van der Waals surface area contributed by atoms with Crippen molar-refractivity contribution in [1.29, 1.82) is 0 Å². The normalized spacial score (nSPS) is 16.1. The van der Waals surface area contributed by atoms with E-state index in [2.05, 4.69) is 9.71 Å². The van der Waals surface area contributed by atoms with Crippen molar-refractivity contribution in [2.24, 2.45) is 5.73 Å². The lowest BCUT2D eigenvalue weighted by Gasteiger charge is -2.29. The van der Waals surface area contributed by atoms with Crippen molar-refractivity contribution in [2.45, 2.75) is 32.2 Å². The van der Waals surface area contributed by atoms with Gasteiger partial charge in [-0.2, -0.15) is 12.7 Å². The molecule has 0 atom stereocenters. The van der Waals surface area contributed by atoms with Crippen LogP contribution in [0.2, 0.25) is 10.0 Å². The van der Waals surface area contributed by atoms with Crippen LogP contribution in [0.1, 0.15) is 30.5 Å². The third kappa shape index (κ3) is 4.23. The average molecular weight is 449 g/mol. The number of aryl methyl sites for hydroxylation is 1. The van der Waals surface area contributed by atoms with Crippen LogP contribution < -0.4 is 10.5 Å². The van der Waals surface area contributed by atoms with Gasteiger partial charge in [0.25, 0.3) is 0 Å². The van der Waals surface area contributed by atoms with Crippen LogP contribution in [-0.4, -0.2) is 43.9 Å². The van der Waals surface area contributed by atoms with Crippen molar-refractivity contribution in [3.8, 4) is 0 Å². The highest BCUT2D eigenvalue weighted by atomic mass is 35.5. The molecule has 1 amide bonds. The van der Waals surface area contributed by atoms with Gasteiger partial charge in [-0.15, -0.1) is 0 Å². The van der Waals surface area contributed by atoms with E-state index in [4.69, 9.17) is 33.7 Å². The van der Waals surface area contributed by atoms with Gasteiger partial charge in [-0.3, -0.25) is 9.52 Å². The van der Waals surface area contributed by atoms with Crippen molar-refractivity contribution >= 4 is 55.9 Å². The van der Waals surface area contributed by atoms with Gasteiger partial charge in [0.05, 0.1) is 21.2 Å². The number of anilines is 1. The SMILES string of the molecule is COCCCN1Cc2cc(Cl)c3c(Cl)c(CCCC(N)=O)[nH]c3c2NS1(=O)=O. The summed E-state index contributed by atoms with van der Waals surface area (Å²) in [6.07, 6.45) is 1.85. The van der Waals surface area contributed by atoms with E-state index in [9.17, 15) is 13.2 Å². The topological polar surface area (TPSA) is 118 Å².